The van der Waals surface area contributed by atoms with Gasteiger partial charge in [0.2, 0.25) is 5.91 Å². The molecule has 0 aliphatic heterocycles. The summed E-state index contributed by atoms with van der Waals surface area (Å²) < 4.78 is 6.99. The number of nitrogens with one attached hydrogen (secondary N) is 1. The Labute approximate surface area is 169 Å². The van der Waals surface area contributed by atoms with Gasteiger partial charge in [-0.05, 0) is 37.3 Å². The number of aryl methyl sites for hydroxylation is 1. The predicted octanol–water partition coefficient (Wildman–Crippen LogP) is 4.38. The molecule has 1 N–H and O–H groups in total. The molecule has 6 nitrogen and oxygen atoms in total. The van der Waals surface area contributed by atoms with Crippen molar-refractivity contribution in [2.24, 2.45) is 0 Å². The molecule has 0 aliphatic carbocycles. The molecule has 0 saturated heterocycles. The molecule has 29 heavy (non-hydrogen) atoms. The van der Waals surface area contributed by atoms with E-state index in [1.54, 1.807) is 37.3 Å². The van der Waals surface area contributed by atoms with Crippen LogP contribution in [0.1, 0.15) is 29.3 Å². The van der Waals surface area contributed by atoms with Crippen molar-refractivity contribution < 1.29 is 14.3 Å². The third-order valence-electron chi connectivity index (χ3n) is 4.34. The van der Waals surface area contributed by atoms with Crippen LogP contribution in [0.15, 0.2) is 60.8 Å². The lowest BCUT2D eigenvalue weighted by atomic mass is 10.1. The first-order valence-electron chi connectivity index (χ1n) is 9.33. The first-order chi connectivity index (χ1) is 14.1. The predicted molar refractivity (Wildman–Crippen MR) is 112 cm³/mol. The van der Waals surface area contributed by atoms with Crippen LogP contribution in [0, 0.1) is 11.3 Å². The van der Waals surface area contributed by atoms with Crippen molar-refractivity contribution in [3.8, 4) is 6.07 Å². The number of rotatable bonds is 7. The van der Waals surface area contributed by atoms with Crippen LogP contribution in [-0.4, -0.2) is 23.1 Å². The van der Waals surface area contributed by atoms with Gasteiger partial charge in [-0.1, -0.05) is 24.3 Å². The van der Waals surface area contributed by atoms with Gasteiger partial charge in [0.1, 0.15) is 0 Å². The Hall–Kier alpha value is -3.85. The highest BCUT2D eigenvalue weighted by atomic mass is 16.5. The zero-order valence-corrected chi connectivity index (χ0v) is 16.1. The van der Waals surface area contributed by atoms with Gasteiger partial charge in [-0.15, -0.1) is 0 Å². The largest absolute Gasteiger partial charge is 0.462 e. The standard InChI is InChI=1S/C23H21N3O3/c1-2-29-23(28)17-7-5-8-19(15-17)25-22(27)12-11-18-16-26(14-6-13-24)21-10-4-3-9-20(18)21/h3-5,7-12,15-16H,2,6,14H2,1H3,(H,25,27)/b12-11+. The fraction of sp³-hybridized carbons (Fsp3) is 0.174. The topological polar surface area (TPSA) is 84.1 Å². The molecule has 1 amide bonds. The van der Waals surface area contributed by atoms with E-state index in [1.807, 2.05) is 35.0 Å². The number of para-hydroxylation sites is 1. The molecule has 3 rings (SSSR count). The number of ether oxygens (including phenoxy) is 1. The van der Waals surface area contributed by atoms with E-state index in [4.69, 9.17) is 10.00 Å². The number of amides is 1. The summed E-state index contributed by atoms with van der Waals surface area (Å²) in [6.07, 6.45) is 5.55. The van der Waals surface area contributed by atoms with E-state index in [2.05, 4.69) is 11.4 Å². The number of anilines is 1. The fourth-order valence-electron chi connectivity index (χ4n) is 3.05. The van der Waals surface area contributed by atoms with Crippen molar-refractivity contribution >= 4 is 34.5 Å². The van der Waals surface area contributed by atoms with E-state index in [-0.39, 0.29) is 5.91 Å². The first-order valence-corrected chi connectivity index (χ1v) is 9.33. The number of esters is 1. The highest BCUT2D eigenvalue weighted by Crippen LogP contribution is 2.23. The van der Waals surface area contributed by atoms with Crippen LogP contribution in [0.5, 0.6) is 0 Å². The molecule has 1 heterocycles. The van der Waals surface area contributed by atoms with E-state index in [0.29, 0.717) is 30.8 Å². The molecule has 0 spiro atoms. The second kappa shape index (κ2) is 9.38. The summed E-state index contributed by atoms with van der Waals surface area (Å²) in [6, 6.07) is 16.6. The molecule has 3 aromatic rings. The third-order valence-corrected chi connectivity index (χ3v) is 4.34. The van der Waals surface area contributed by atoms with Gasteiger partial charge in [0.15, 0.2) is 0 Å². The summed E-state index contributed by atoms with van der Waals surface area (Å²) in [4.78, 5) is 24.2. The molecule has 0 radical (unpaired) electrons. The molecule has 6 heteroatoms. The second-order valence-electron chi connectivity index (χ2n) is 6.33. The number of hydrogen-bond donors (Lipinski definition) is 1. The van der Waals surface area contributed by atoms with Gasteiger partial charge >= 0.3 is 5.97 Å². The summed E-state index contributed by atoms with van der Waals surface area (Å²) in [5, 5.41) is 12.6. The van der Waals surface area contributed by atoms with Crippen molar-refractivity contribution in [2.45, 2.75) is 19.9 Å². The van der Waals surface area contributed by atoms with E-state index in [1.165, 1.54) is 6.08 Å². The van der Waals surface area contributed by atoms with Gasteiger partial charge in [-0.3, -0.25) is 4.79 Å². The molecule has 2 aromatic carbocycles. The number of carbonyl (C=O) groups is 2. The number of carbonyl (C=O) groups excluding carboxylic acids is 2. The molecule has 0 saturated carbocycles. The maximum atomic E-state index is 12.3. The summed E-state index contributed by atoms with van der Waals surface area (Å²) in [5.41, 5.74) is 2.81. The van der Waals surface area contributed by atoms with E-state index in [0.717, 1.165) is 16.5 Å². The zero-order valence-electron chi connectivity index (χ0n) is 16.1. The van der Waals surface area contributed by atoms with Gasteiger partial charge in [-0.25, -0.2) is 4.79 Å². The Morgan fingerprint density at radius 2 is 2.03 bits per heavy atom. The number of hydrogen-bond acceptors (Lipinski definition) is 4. The Morgan fingerprint density at radius 1 is 1.21 bits per heavy atom. The van der Waals surface area contributed by atoms with Gasteiger partial charge in [0.25, 0.3) is 0 Å². The number of nitrogens with zero attached hydrogens (tertiary/aromatic N) is 2. The third kappa shape index (κ3) is 4.90. The highest BCUT2D eigenvalue weighted by molar-refractivity contribution is 6.04. The number of nitriles is 1. The number of aromatic nitrogens is 1. The normalized spacial score (nSPS) is 10.8. The minimum atomic E-state index is -0.427. The summed E-state index contributed by atoms with van der Waals surface area (Å²) >= 11 is 0. The van der Waals surface area contributed by atoms with Crippen molar-refractivity contribution in [3.05, 3.63) is 71.9 Å². The van der Waals surface area contributed by atoms with Gasteiger partial charge in [-0.2, -0.15) is 5.26 Å². The van der Waals surface area contributed by atoms with Crippen LogP contribution < -0.4 is 5.32 Å². The lowest BCUT2D eigenvalue weighted by molar-refractivity contribution is -0.111. The maximum absolute atomic E-state index is 12.3. The Kier molecular flexibility index (Phi) is 6.43. The Bertz CT molecular complexity index is 1110. The smallest absolute Gasteiger partial charge is 0.338 e. The van der Waals surface area contributed by atoms with Crippen LogP contribution in [0.4, 0.5) is 5.69 Å². The average molecular weight is 387 g/mol. The Morgan fingerprint density at radius 3 is 2.83 bits per heavy atom. The molecular weight excluding hydrogens is 366 g/mol. The average Bonchev–Trinajstić information content (AvgIpc) is 3.09. The highest BCUT2D eigenvalue weighted by Gasteiger charge is 2.09. The SMILES string of the molecule is CCOC(=O)c1cccc(NC(=O)/C=C/c2cn(CCC#N)c3ccccc23)c1. The molecule has 0 unspecified atom stereocenters. The lowest BCUT2D eigenvalue weighted by Crippen LogP contribution is -2.09. The minimum Gasteiger partial charge on any atom is -0.462 e. The molecule has 0 fully saturated rings. The van der Waals surface area contributed by atoms with Crippen molar-refractivity contribution in [1.29, 1.82) is 5.26 Å². The van der Waals surface area contributed by atoms with Crippen molar-refractivity contribution in [3.63, 3.8) is 0 Å². The van der Waals surface area contributed by atoms with Gasteiger partial charge in [0, 0.05) is 41.0 Å². The molecule has 0 atom stereocenters. The van der Waals surface area contributed by atoms with Crippen molar-refractivity contribution in [1.82, 2.24) is 4.57 Å². The van der Waals surface area contributed by atoms with Crippen LogP contribution >= 0.6 is 0 Å². The van der Waals surface area contributed by atoms with Crippen molar-refractivity contribution in [2.75, 3.05) is 11.9 Å². The molecule has 0 bridgehead atoms. The second-order valence-corrected chi connectivity index (χ2v) is 6.33. The van der Waals surface area contributed by atoms with Gasteiger partial charge < -0.3 is 14.6 Å². The van der Waals surface area contributed by atoms with Crippen LogP contribution in [0.2, 0.25) is 0 Å². The Balaban J connectivity index is 1.75. The van der Waals surface area contributed by atoms with E-state index in [9.17, 15) is 9.59 Å². The molecule has 1 aromatic heterocycles. The van der Waals surface area contributed by atoms with E-state index < -0.39 is 5.97 Å². The number of fused-ring (bicyclic) bond motifs is 1. The summed E-state index contributed by atoms with van der Waals surface area (Å²) in [5.74, 6) is -0.732. The van der Waals surface area contributed by atoms with Crippen LogP contribution in [0.3, 0.4) is 0 Å². The van der Waals surface area contributed by atoms with Crippen LogP contribution in [0.25, 0.3) is 17.0 Å². The maximum Gasteiger partial charge on any atom is 0.338 e. The first kappa shape index (κ1) is 19.9. The van der Waals surface area contributed by atoms with Gasteiger partial charge in [0.05, 0.1) is 24.7 Å². The molecule has 0 aliphatic rings. The lowest BCUT2D eigenvalue weighted by Gasteiger charge is -2.05. The van der Waals surface area contributed by atoms with E-state index >= 15 is 0 Å². The monoisotopic (exact) mass is 387 g/mol. The summed E-state index contributed by atoms with van der Waals surface area (Å²) in [7, 11) is 0. The minimum absolute atomic E-state index is 0.292. The summed E-state index contributed by atoms with van der Waals surface area (Å²) in [6.45, 7) is 2.63. The zero-order chi connectivity index (χ0) is 20.6. The molecule has 146 valence electrons. The van der Waals surface area contributed by atoms with Crippen LogP contribution in [-0.2, 0) is 16.1 Å². The number of benzene rings is 2. The molecular formula is C23H21N3O3. The quantitative estimate of drug-likeness (QED) is 0.481. The fourth-order valence-corrected chi connectivity index (χ4v) is 3.05.